The molecule has 0 saturated heterocycles. The van der Waals surface area contributed by atoms with Crippen LogP contribution in [0.25, 0.3) is 22.2 Å². The Labute approximate surface area is 232 Å². The van der Waals surface area contributed by atoms with E-state index in [1.54, 1.807) is 36.4 Å². The highest BCUT2D eigenvalue weighted by Gasteiger charge is 2.29. The summed E-state index contributed by atoms with van der Waals surface area (Å²) < 4.78 is 21.3. The van der Waals surface area contributed by atoms with Crippen LogP contribution < -0.4 is 9.47 Å². The van der Waals surface area contributed by atoms with Gasteiger partial charge in [0, 0.05) is 18.9 Å². The Morgan fingerprint density at radius 3 is 2.03 bits per heavy atom. The summed E-state index contributed by atoms with van der Waals surface area (Å²) in [5, 5.41) is 17.2. The third-order valence-electron chi connectivity index (χ3n) is 5.26. The Bertz CT molecular complexity index is 1510. The number of methoxy groups -OCH3 is 1. The third kappa shape index (κ3) is 7.51. The van der Waals surface area contributed by atoms with Gasteiger partial charge in [-0.15, -0.1) is 25.3 Å². The maximum atomic E-state index is 11.2. The van der Waals surface area contributed by atoms with Crippen LogP contribution in [0.1, 0.15) is 43.4 Å². The number of aromatic nitrogens is 2. The van der Waals surface area contributed by atoms with E-state index in [1.807, 2.05) is 6.92 Å². The van der Waals surface area contributed by atoms with Crippen LogP contribution in [0.2, 0.25) is 0 Å². The second-order valence-corrected chi connectivity index (χ2v) is 8.95. The van der Waals surface area contributed by atoms with Crippen molar-refractivity contribution in [3.8, 4) is 11.5 Å². The average Bonchev–Trinajstić information content (AvgIpc) is 3.50. The fourth-order valence-electron chi connectivity index (χ4n) is 3.47. The molecule has 2 N–H and O–H groups in total. The number of rotatable bonds is 11. The fraction of sp³-hybridized carbons (Fsp3) is 0.280. The highest BCUT2D eigenvalue weighted by atomic mass is 32.1. The van der Waals surface area contributed by atoms with E-state index >= 15 is 0 Å². The van der Waals surface area contributed by atoms with Crippen LogP contribution in [0, 0.1) is 0 Å². The number of hydrogen-bond acceptors (Lipinski definition) is 10. The number of carbonyl (C=O) groups excluding carboxylic acids is 2. The van der Waals surface area contributed by atoms with E-state index in [4.69, 9.17) is 28.5 Å². The largest absolute Gasteiger partial charge is 0.497 e. The average molecular weight is 577 g/mol. The quantitative estimate of drug-likeness (QED) is 0.188. The van der Waals surface area contributed by atoms with Gasteiger partial charge < -0.3 is 28.5 Å². The lowest BCUT2D eigenvalue weighted by Crippen LogP contribution is -2.14. The van der Waals surface area contributed by atoms with Gasteiger partial charge in [0.1, 0.15) is 28.6 Å². The van der Waals surface area contributed by atoms with Gasteiger partial charge in [0.05, 0.1) is 13.7 Å². The molecule has 0 spiro atoms. The summed E-state index contributed by atoms with van der Waals surface area (Å²) in [7, 11) is 1.52. The van der Waals surface area contributed by atoms with Gasteiger partial charge in [-0.25, -0.2) is 9.97 Å². The summed E-state index contributed by atoms with van der Waals surface area (Å²) in [4.78, 5) is 52.5. The van der Waals surface area contributed by atoms with Crippen LogP contribution in [-0.4, -0.2) is 56.1 Å². The number of carbonyl (C=O) groups is 4. The predicted octanol–water partition coefficient (Wildman–Crippen LogP) is 4.09. The van der Waals surface area contributed by atoms with Crippen LogP contribution in [-0.2, 0) is 19.2 Å². The molecule has 39 heavy (non-hydrogen) atoms. The molecule has 0 saturated carbocycles. The molecular formula is C25H24N2O10S2. The molecule has 0 aliphatic carbocycles. The number of fused-ring (bicyclic) bond motifs is 2. The summed E-state index contributed by atoms with van der Waals surface area (Å²) in [5.41, 5.74) is 1.78. The molecular weight excluding hydrogens is 552 g/mol. The van der Waals surface area contributed by atoms with E-state index in [0.717, 1.165) is 0 Å². The first-order chi connectivity index (χ1) is 18.5. The molecule has 0 fully saturated rings. The number of thiol groups is 2. The Morgan fingerprint density at radius 2 is 1.49 bits per heavy atom. The Morgan fingerprint density at radius 1 is 0.897 bits per heavy atom. The summed E-state index contributed by atoms with van der Waals surface area (Å²) in [6.45, 7) is 2.28. The van der Waals surface area contributed by atoms with Crippen molar-refractivity contribution >= 4 is 69.6 Å². The van der Waals surface area contributed by atoms with Gasteiger partial charge in [-0.3, -0.25) is 19.2 Å². The van der Waals surface area contributed by atoms with Crippen molar-refractivity contribution in [1.82, 2.24) is 9.97 Å². The molecule has 0 bridgehead atoms. The minimum atomic E-state index is -1.18. The van der Waals surface area contributed by atoms with Crippen molar-refractivity contribution in [2.45, 2.75) is 31.6 Å². The van der Waals surface area contributed by atoms with Gasteiger partial charge in [0.15, 0.2) is 27.1 Å². The van der Waals surface area contributed by atoms with Crippen LogP contribution in [0.5, 0.6) is 11.5 Å². The number of nitrogens with zero attached hydrogens (tertiary/aromatic N) is 2. The lowest BCUT2D eigenvalue weighted by atomic mass is 10.1. The summed E-state index contributed by atoms with van der Waals surface area (Å²) in [6, 6.07) is 10.1. The minimum absolute atomic E-state index is 0.0156. The first-order valence-corrected chi connectivity index (χ1v) is 12.3. The van der Waals surface area contributed by atoms with E-state index in [9.17, 15) is 19.2 Å². The maximum absolute atomic E-state index is 11.2. The number of aliphatic carboxylic acids is 2. The minimum Gasteiger partial charge on any atom is -0.497 e. The molecule has 14 heteroatoms. The Kier molecular flexibility index (Phi) is 9.95. The fourth-order valence-corrected chi connectivity index (χ4v) is 3.84. The van der Waals surface area contributed by atoms with Crippen LogP contribution in [0.15, 0.2) is 45.2 Å². The van der Waals surface area contributed by atoms with Gasteiger partial charge in [0.25, 0.3) is 0 Å². The van der Waals surface area contributed by atoms with Crippen molar-refractivity contribution in [3.63, 3.8) is 0 Å². The first-order valence-electron chi connectivity index (χ1n) is 11.4. The van der Waals surface area contributed by atoms with Gasteiger partial charge in [0.2, 0.25) is 11.8 Å². The van der Waals surface area contributed by atoms with Crippen LogP contribution >= 0.6 is 25.3 Å². The van der Waals surface area contributed by atoms with E-state index in [1.165, 1.54) is 7.11 Å². The van der Waals surface area contributed by atoms with Crippen LogP contribution in [0.3, 0.4) is 0 Å². The molecule has 0 aliphatic heterocycles. The number of carboxylic acids is 2. The van der Waals surface area contributed by atoms with Crippen molar-refractivity contribution in [3.05, 3.63) is 48.2 Å². The van der Waals surface area contributed by atoms with E-state index in [0.29, 0.717) is 40.3 Å². The van der Waals surface area contributed by atoms with Crippen molar-refractivity contribution < 1.29 is 47.7 Å². The Balaban J connectivity index is 0.000000216. The van der Waals surface area contributed by atoms with E-state index in [2.05, 4.69) is 35.2 Å². The third-order valence-corrected chi connectivity index (χ3v) is 5.62. The van der Waals surface area contributed by atoms with E-state index in [-0.39, 0.29) is 24.6 Å². The molecule has 4 aromatic rings. The zero-order chi connectivity index (χ0) is 28.7. The number of oxazole rings is 2. The van der Waals surface area contributed by atoms with Crippen molar-refractivity contribution in [1.29, 1.82) is 0 Å². The van der Waals surface area contributed by atoms with Crippen LogP contribution in [0.4, 0.5) is 0 Å². The van der Waals surface area contributed by atoms with Crippen molar-refractivity contribution in [2.24, 2.45) is 0 Å². The molecule has 2 aromatic carbocycles. The standard InChI is InChI=1S/C13H13NO5S.C12H11NO5S/c1-2-18-9-5-3-4-8-11(9)19-12(14-8)7(13(16)17)6-10(15)20;1-17-6-2-3-9-8(4-6)13-11(18-9)7(12(15)16)5-10(14)19/h3-5,7H,2,6H2,1H3,(H,15,20)(H,16,17);2-4,7H,5H2,1H3,(H,14,19)(H,15,16). The topological polar surface area (TPSA) is 179 Å². The maximum Gasteiger partial charge on any atom is 0.316 e. The molecule has 2 atom stereocenters. The monoisotopic (exact) mass is 576 g/mol. The smallest absolute Gasteiger partial charge is 0.316 e. The number of carboxylic acid groups (broad SMARTS) is 2. The first kappa shape index (κ1) is 29.5. The lowest BCUT2D eigenvalue weighted by Gasteiger charge is -2.05. The van der Waals surface area contributed by atoms with Gasteiger partial charge >= 0.3 is 11.9 Å². The molecule has 0 amide bonds. The predicted molar refractivity (Wildman–Crippen MR) is 144 cm³/mol. The van der Waals surface area contributed by atoms with Gasteiger partial charge in [-0.05, 0) is 31.2 Å². The number of para-hydroxylation sites is 1. The number of benzene rings is 2. The zero-order valence-corrected chi connectivity index (χ0v) is 22.5. The molecule has 4 rings (SSSR count). The lowest BCUT2D eigenvalue weighted by molar-refractivity contribution is -0.141. The molecule has 2 aromatic heterocycles. The number of ether oxygens (including phenoxy) is 2. The van der Waals surface area contributed by atoms with Gasteiger partial charge in [-0.2, -0.15) is 0 Å². The molecule has 2 heterocycles. The number of hydrogen-bond donors (Lipinski definition) is 4. The SMILES string of the molecule is CCOc1cccc2nc(C(CC(=O)S)C(=O)O)oc12.COc1ccc2oc(C(CC(=O)S)C(=O)O)nc2c1. The second kappa shape index (κ2) is 13.2. The zero-order valence-electron chi connectivity index (χ0n) is 20.7. The second-order valence-electron chi connectivity index (χ2n) is 7.95. The highest BCUT2D eigenvalue weighted by molar-refractivity contribution is 7.96. The molecule has 206 valence electrons. The summed E-state index contributed by atoms with van der Waals surface area (Å²) in [5.74, 6) is -3.61. The molecule has 2 unspecified atom stereocenters. The summed E-state index contributed by atoms with van der Waals surface area (Å²) >= 11 is 7.19. The normalized spacial score (nSPS) is 12.3. The van der Waals surface area contributed by atoms with E-state index < -0.39 is 34.0 Å². The van der Waals surface area contributed by atoms with Gasteiger partial charge in [-0.1, -0.05) is 6.07 Å². The molecule has 0 aliphatic rings. The molecule has 12 nitrogen and oxygen atoms in total. The van der Waals surface area contributed by atoms with Crippen molar-refractivity contribution in [2.75, 3.05) is 13.7 Å². The highest BCUT2D eigenvalue weighted by Crippen LogP contribution is 2.31. The molecule has 0 radical (unpaired) electrons. The Hall–Kier alpha value is -4.04. The summed E-state index contributed by atoms with van der Waals surface area (Å²) in [6.07, 6.45) is -0.558.